The molecule has 126 valence electrons. The largest absolute Gasteiger partial charge is 0.385 e. The number of hydrogen-bond acceptors (Lipinski definition) is 3. The van der Waals surface area contributed by atoms with Crippen LogP contribution in [0.3, 0.4) is 0 Å². The zero-order valence-corrected chi connectivity index (χ0v) is 14.8. The van der Waals surface area contributed by atoms with Gasteiger partial charge < -0.3 is 5.73 Å². The van der Waals surface area contributed by atoms with E-state index in [1.807, 2.05) is 0 Å². The Morgan fingerprint density at radius 1 is 0.960 bits per heavy atom. The van der Waals surface area contributed by atoms with Crippen molar-refractivity contribution >= 4 is 34.8 Å². The number of ketones is 1. The van der Waals surface area contributed by atoms with Gasteiger partial charge in [-0.15, -0.1) is 0 Å². The van der Waals surface area contributed by atoms with Gasteiger partial charge in [-0.3, -0.25) is 14.2 Å². The number of hydrogen-bond donors (Lipinski definition) is 1. The van der Waals surface area contributed by atoms with Gasteiger partial charge in [-0.25, -0.2) is 0 Å². The molecule has 1 aromatic heterocycles. The van der Waals surface area contributed by atoms with Crippen molar-refractivity contribution in [3.63, 3.8) is 0 Å². The molecule has 0 unspecified atom stereocenters. The molecule has 2 aromatic carbocycles. The fourth-order valence-electron chi connectivity index (χ4n) is 2.68. The second kappa shape index (κ2) is 6.75. The van der Waals surface area contributed by atoms with E-state index in [0.29, 0.717) is 26.9 Å². The molecule has 0 aliphatic rings. The maximum Gasteiger partial charge on any atom is 0.268 e. The highest BCUT2D eigenvalue weighted by molar-refractivity contribution is 6.30. The zero-order valence-electron chi connectivity index (χ0n) is 13.3. The van der Waals surface area contributed by atoms with E-state index in [2.05, 4.69) is 0 Å². The second-order valence-electron chi connectivity index (χ2n) is 5.54. The van der Waals surface area contributed by atoms with Crippen LogP contribution in [0.2, 0.25) is 10.0 Å². The number of benzene rings is 2. The van der Waals surface area contributed by atoms with Gasteiger partial charge in [-0.2, -0.15) is 0 Å². The molecular formula is C19H14Cl2N2O2. The second-order valence-corrected chi connectivity index (χ2v) is 6.41. The lowest BCUT2D eigenvalue weighted by atomic mass is 9.98. The highest BCUT2D eigenvalue weighted by Crippen LogP contribution is 2.27. The van der Waals surface area contributed by atoms with Crippen molar-refractivity contribution in [2.45, 2.75) is 6.92 Å². The summed E-state index contributed by atoms with van der Waals surface area (Å²) >= 11 is 11.8. The number of aromatic nitrogens is 1. The van der Waals surface area contributed by atoms with Gasteiger partial charge in [0.1, 0.15) is 5.82 Å². The fraction of sp³-hybridized carbons (Fsp3) is 0.0526. The summed E-state index contributed by atoms with van der Waals surface area (Å²) in [5, 5.41) is 1.11. The minimum atomic E-state index is -0.472. The summed E-state index contributed by atoms with van der Waals surface area (Å²) in [7, 11) is 0. The molecule has 0 atom stereocenters. The first-order valence-corrected chi connectivity index (χ1v) is 8.22. The first-order valence-electron chi connectivity index (χ1n) is 7.47. The Hall–Kier alpha value is -2.56. The van der Waals surface area contributed by atoms with Crippen molar-refractivity contribution < 1.29 is 4.79 Å². The molecule has 0 saturated heterocycles. The third-order valence-electron chi connectivity index (χ3n) is 3.83. The third-order valence-corrected chi connectivity index (χ3v) is 4.33. The summed E-state index contributed by atoms with van der Waals surface area (Å²) in [6.45, 7) is 1.36. The van der Waals surface area contributed by atoms with Crippen LogP contribution in [-0.4, -0.2) is 10.4 Å². The quantitative estimate of drug-likeness (QED) is 0.683. The molecule has 6 heteroatoms. The Morgan fingerprint density at radius 2 is 1.48 bits per heavy atom. The van der Waals surface area contributed by atoms with Crippen LogP contribution in [0.1, 0.15) is 17.3 Å². The van der Waals surface area contributed by atoms with E-state index in [-0.39, 0.29) is 17.2 Å². The average molecular weight is 373 g/mol. The maximum absolute atomic E-state index is 13.0. The number of carbonyl (C=O) groups is 1. The van der Waals surface area contributed by atoms with E-state index < -0.39 is 5.56 Å². The predicted molar refractivity (Wildman–Crippen MR) is 102 cm³/mol. The molecule has 4 nitrogen and oxygen atoms in total. The Morgan fingerprint density at radius 3 is 2.00 bits per heavy atom. The first kappa shape index (κ1) is 17.3. The van der Waals surface area contributed by atoms with Gasteiger partial charge in [-0.05, 0) is 55.0 Å². The van der Waals surface area contributed by atoms with Crippen molar-refractivity contribution in [1.29, 1.82) is 0 Å². The lowest BCUT2D eigenvalue weighted by Gasteiger charge is -2.15. The van der Waals surface area contributed by atoms with Gasteiger partial charge in [-0.1, -0.05) is 35.3 Å². The Bertz CT molecular complexity index is 1010. The third kappa shape index (κ3) is 3.31. The van der Waals surface area contributed by atoms with Crippen LogP contribution in [-0.2, 0) is 0 Å². The molecule has 0 aliphatic heterocycles. The number of rotatable bonds is 3. The highest BCUT2D eigenvalue weighted by Gasteiger charge is 2.19. The topological polar surface area (TPSA) is 65.1 Å². The first-order chi connectivity index (χ1) is 11.9. The van der Waals surface area contributed by atoms with Gasteiger partial charge in [0.2, 0.25) is 0 Å². The van der Waals surface area contributed by atoms with Crippen molar-refractivity contribution in [3.8, 4) is 16.8 Å². The zero-order chi connectivity index (χ0) is 18.1. The Labute approximate surface area is 154 Å². The number of nitrogen functional groups attached to an aromatic ring is 1. The monoisotopic (exact) mass is 372 g/mol. The number of halogens is 2. The lowest BCUT2D eigenvalue weighted by Crippen LogP contribution is -2.27. The van der Waals surface area contributed by atoms with Gasteiger partial charge in [0, 0.05) is 15.6 Å². The SMILES string of the molecule is CC(=O)c1c(-c2ccc(Cl)cc2)cc(N)n(-c2ccc(Cl)cc2)c1=O. The number of nitrogens with two attached hydrogens (primary N) is 1. The summed E-state index contributed by atoms with van der Waals surface area (Å²) in [4.78, 5) is 25.2. The molecule has 0 bridgehead atoms. The molecule has 1 heterocycles. The maximum atomic E-state index is 13.0. The van der Waals surface area contributed by atoms with Crippen molar-refractivity contribution in [2.24, 2.45) is 0 Å². The number of carbonyl (C=O) groups excluding carboxylic acids is 1. The van der Waals surface area contributed by atoms with Gasteiger partial charge in [0.05, 0.1) is 11.3 Å². The average Bonchev–Trinajstić information content (AvgIpc) is 2.56. The molecule has 0 aliphatic carbocycles. The van der Waals surface area contributed by atoms with Crippen molar-refractivity contribution in [2.75, 3.05) is 5.73 Å². The van der Waals surface area contributed by atoms with Gasteiger partial charge in [0.25, 0.3) is 5.56 Å². The summed E-state index contributed by atoms with van der Waals surface area (Å²) in [6.07, 6.45) is 0. The van der Waals surface area contributed by atoms with Crippen molar-refractivity contribution in [1.82, 2.24) is 4.57 Å². The van der Waals surface area contributed by atoms with E-state index in [1.54, 1.807) is 54.6 Å². The lowest BCUT2D eigenvalue weighted by molar-refractivity contribution is 0.101. The molecule has 3 aromatic rings. The molecule has 0 spiro atoms. The molecule has 0 radical (unpaired) electrons. The minimum Gasteiger partial charge on any atom is -0.385 e. The van der Waals surface area contributed by atoms with Crippen LogP contribution in [0.4, 0.5) is 5.82 Å². The summed E-state index contributed by atoms with van der Waals surface area (Å²) in [5.74, 6) is -0.111. The van der Waals surface area contributed by atoms with Crippen LogP contribution in [0.15, 0.2) is 59.4 Å². The van der Waals surface area contributed by atoms with Crippen LogP contribution in [0, 0.1) is 0 Å². The minimum absolute atomic E-state index is 0.0754. The molecule has 25 heavy (non-hydrogen) atoms. The van der Waals surface area contributed by atoms with Gasteiger partial charge in [0.15, 0.2) is 5.78 Å². The van der Waals surface area contributed by atoms with Crippen LogP contribution in [0.5, 0.6) is 0 Å². The van der Waals surface area contributed by atoms with Crippen LogP contribution >= 0.6 is 23.2 Å². The number of anilines is 1. The van der Waals surface area contributed by atoms with E-state index >= 15 is 0 Å². The fourth-order valence-corrected chi connectivity index (χ4v) is 2.93. The number of Topliss-reactive ketones (excluding diaryl/α,β-unsaturated/α-hetero) is 1. The summed E-state index contributed by atoms with van der Waals surface area (Å²) < 4.78 is 1.30. The van der Waals surface area contributed by atoms with E-state index in [1.165, 1.54) is 11.5 Å². The van der Waals surface area contributed by atoms with E-state index in [9.17, 15) is 9.59 Å². The predicted octanol–water partition coefficient (Wildman–Crippen LogP) is 4.60. The molecular weight excluding hydrogens is 359 g/mol. The summed E-state index contributed by atoms with van der Waals surface area (Å²) in [6, 6.07) is 15.2. The number of pyridine rings is 1. The van der Waals surface area contributed by atoms with E-state index in [0.717, 1.165) is 0 Å². The molecule has 0 amide bonds. The van der Waals surface area contributed by atoms with E-state index in [4.69, 9.17) is 28.9 Å². The van der Waals surface area contributed by atoms with Crippen LogP contribution < -0.4 is 11.3 Å². The molecule has 2 N–H and O–H groups in total. The molecule has 0 saturated carbocycles. The summed E-state index contributed by atoms with van der Waals surface area (Å²) in [5.41, 5.74) is 7.44. The molecule has 0 fully saturated rings. The number of nitrogens with zero attached hydrogens (tertiary/aromatic N) is 1. The standard InChI is InChI=1S/C19H14Cl2N2O2/c1-11(24)18-16(12-2-4-13(20)5-3-12)10-17(22)23(19(18)25)15-8-6-14(21)7-9-15/h2-10H,22H2,1H3. The molecule has 3 rings (SSSR count). The van der Waals surface area contributed by atoms with Crippen molar-refractivity contribution in [3.05, 3.63) is 80.6 Å². The Balaban J connectivity index is 2.30. The highest BCUT2D eigenvalue weighted by atomic mass is 35.5. The smallest absolute Gasteiger partial charge is 0.268 e. The normalized spacial score (nSPS) is 10.7. The Kier molecular flexibility index (Phi) is 4.66. The van der Waals surface area contributed by atoms with Gasteiger partial charge >= 0.3 is 0 Å². The van der Waals surface area contributed by atoms with Crippen LogP contribution in [0.25, 0.3) is 16.8 Å².